The Hall–Kier alpha value is -1.35. The first-order valence-electron chi connectivity index (χ1n) is 4.66. The molecule has 0 saturated heterocycles. The molecule has 0 atom stereocenters. The number of rotatable bonds is 4. The summed E-state index contributed by atoms with van der Waals surface area (Å²) in [5, 5.41) is 12.2. The summed E-state index contributed by atoms with van der Waals surface area (Å²) in [6.45, 7) is 5.72. The van der Waals surface area contributed by atoms with Gasteiger partial charge in [0, 0.05) is 13.1 Å². The molecule has 0 aliphatic heterocycles. The van der Waals surface area contributed by atoms with Crippen LogP contribution in [0, 0.1) is 0 Å². The number of aromatic nitrogens is 1. The lowest BCUT2D eigenvalue weighted by Gasteiger charge is -2.01. The van der Waals surface area contributed by atoms with E-state index in [-0.39, 0.29) is 5.75 Å². The highest BCUT2D eigenvalue weighted by Crippen LogP contribution is 2.05. The van der Waals surface area contributed by atoms with E-state index in [2.05, 4.69) is 30.2 Å². The van der Waals surface area contributed by atoms with Crippen LogP contribution in [0.3, 0.4) is 0 Å². The molecule has 0 bridgehead atoms. The van der Waals surface area contributed by atoms with Gasteiger partial charge in [-0.3, -0.25) is 4.98 Å². The van der Waals surface area contributed by atoms with Gasteiger partial charge in [-0.15, -0.1) is 0 Å². The van der Waals surface area contributed by atoms with Crippen LogP contribution in [0.25, 0.3) is 0 Å². The van der Waals surface area contributed by atoms with Crippen LogP contribution >= 0.6 is 0 Å². The molecule has 0 aliphatic rings. The molecule has 0 spiro atoms. The summed E-state index contributed by atoms with van der Waals surface area (Å²) in [6, 6.07) is 3.45. The average molecular weight is 192 g/mol. The summed E-state index contributed by atoms with van der Waals surface area (Å²) in [4.78, 5) is 4.06. The molecule has 76 valence electrons. The third kappa shape index (κ3) is 4.05. The SMILES string of the molecule is CC(C)=CCNCc1ccc(O)cn1. The number of allylic oxidation sites excluding steroid dienone is 1. The van der Waals surface area contributed by atoms with E-state index in [0.29, 0.717) is 0 Å². The fraction of sp³-hybridized carbons (Fsp3) is 0.364. The van der Waals surface area contributed by atoms with E-state index in [0.717, 1.165) is 18.8 Å². The van der Waals surface area contributed by atoms with E-state index in [1.54, 1.807) is 6.07 Å². The number of nitrogens with zero attached hydrogens (tertiary/aromatic N) is 1. The third-order valence-electron chi connectivity index (χ3n) is 1.77. The maximum Gasteiger partial charge on any atom is 0.133 e. The Labute approximate surface area is 84.5 Å². The summed E-state index contributed by atoms with van der Waals surface area (Å²) in [5.74, 6) is 0.207. The molecule has 0 aliphatic carbocycles. The third-order valence-corrected chi connectivity index (χ3v) is 1.77. The fourth-order valence-corrected chi connectivity index (χ4v) is 0.998. The molecule has 0 aromatic carbocycles. The van der Waals surface area contributed by atoms with Gasteiger partial charge in [0.1, 0.15) is 5.75 Å². The van der Waals surface area contributed by atoms with Crippen molar-refractivity contribution in [3.8, 4) is 5.75 Å². The molecular weight excluding hydrogens is 176 g/mol. The van der Waals surface area contributed by atoms with Crippen molar-refractivity contribution >= 4 is 0 Å². The topological polar surface area (TPSA) is 45.1 Å². The summed E-state index contributed by atoms with van der Waals surface area (Å²) in [7, 11) is 0. The van der Waals surface area contributed by atoms with Crippen molar-refractivity contribution in [3.05, 3.63) is 35.7 Å². The van der Waals surface area contributed by atoms with Gasteiger partial charge in [0.05, 0.1) is 11.9 Å². The second kappa shape index (κ2) is 5.40. The van der Waals surface area contributed by atoms with Gasteiger partial charge < -0.3 is 10.4 Å². The van der Waals surface area contributed by atoms with Crippen LogP contribution in [0.5, 0.6) is 5.75 Å². The van der Waals surface area contributed by atoms with E-state index in [9.17, 15) is 0 Å². The molecule has 1 aromatic rings. The molecule has 0 unspecified atom stereocenters. The quantitative estimate of drug-likeness (QED) is 0.565. The summed E-state index contributed by atoms with van der Waals surface area (Å²) in [6.07, 6.45) is 3.58. The van der Waals surface area contributed by atoms with Crippen molar-refractivity contribution in [1.29, 1.82) is 0 Å². The minimum atomic E-state index is 0.207. The van der Waals surface area contributed by atoms with Gasteiger partial charge >= 0.3 is 0 Å². The van der Waals surface area contributed by atoms with Gasteiger partial charge in [0.25, 0.3) is 0 Å². The predicted molar refractivity (Wildman–Crippen MR) is 57.0 cm³/mol. The van der Waals surface area contributed by atoms with Gasteiger partial charge in [0.15, 0.2) is 0 Å². The molecule has 0 radical (unpaired) electrons. The van der Waals surface area contributed by atoms with Crippen molar-refractivity contribution < 1.29 is 5.11 Å². The summed E-state index contributed by atoms with van der Waals surface area (Å²) in [5.41, 5.74) is 2.24. The molecule has 0 saturated carbocycles. The van der Waals surface area contributed by atoms with Crippen molar-refractivity contribution in [3.63, 3.8) is 0 Å². The number of hydrogen-bond acceptors (Lipinski definition) is 3. The van der Waals surface area contributed by atoms with Crippen molar-refractivity contribution in [1.82, 2.24) is 10.3 Å². The summed E-state index contributed by atoms with van der Waals surface area (Å²) < 4.78 is 0. The van der Waals surface area contributed by atoms with E-state index in [4.69, 9.17) is 5.11 Å². The lowest BCUT2D eigenvalue weighted by atomic mass is 10.3. The molecule has 2 N–H and O–H groups in total. The summed E-state index contributed by atoms with van der Waals surface area (Å²) >= 11 is 0. The normalized spacial score (nSPS) is 9.86. The highest BCUT2D eigenvalue weighted by atomic mass is 16.3. The molecule has 0 amide bonds. The first-order valence-corrected chi connectivity index (χ1v) is 4.66. The number of nitrogens with one attached hydrogen (secondary N) is 1. The van der Waals surface area contributed by atoms with Crippen LogP contribution in [0.15, 0.2) is 30.0 Å². The number of aromatic hydroxyl groups is 1. The Morgan fingerprint density at radius 1 is 1.50 bits per heavy atom. The lowest BCUT2D eigenvalue weighted by molar-refractivity contribution is 0.472. The molecule has 3 nitrogen and oxygen atoms in total. The van der Waals surface area contributed by atoms with Crippen molar-refractivity contribution in [2.45, 2.75) is 20.4 Å². The van der Waals surface area contributed by atoms with Crippen LogP contribution in [0.4, 0.5) is 0 Å². The standard InChI is InChI=1S/C11H16N2O/c1-9(2)5-6-12-7-10-3-4-11(14)8-13-10/h3-5,8,12,14H,6-7H2,1-2H3. The van der Waals surface area contributed by atoms with Crippen LogP contribution in [-0.4, -0.2) is 16.6 Å². The first kappa shape index (κ1) is 10.7. The first-order chi connectivity index (χ1) is 6.68. The maximum atomic E-state index is 9.01. The lowest BCUT2D eigenvalue weighted by Crippen LogP contribution is -2.13. The highest BCUT2D eigenvalue weighted by Gasteiger charge is 1.92. The Bertz CT molecular complexity index is 300. The van der Waals surface area contributed by atoms with Gasteiger partial charge in [-0.05, 0) is 26.0 Å². The Kier molecular flexibility index (Phi) is 4.13. The Morgan fingerprint density at radius 3 is 2.86 bits per heavy atom. The van der Waals surface area contributed by atoms with Crippen LogP contribution < -0.4 is 5.32 Å². The van der Waals surface area contributed by atoms with Crippen LogP contribution in [-0.2, 0) is 6.54 Å². The maximum absolute atomic E-state index is 9.01. The Balaban J connectivity index is 2.32. The van der Waals surface area contributed by atoms with Gasteiger partial charge in [-0.2, -0.15) is 0 Å². The second-order valence-electron chi connectivity index (χ2n) is 3.42. The largest absolute Gasteiger partial charge is 0.506 e. The van der Waals surface area contributed by atoms with Crippen molar-refractivity contribution in [2.24, 2.45) is 0 Å². The average Bonchev–Trinajstić information content (AvgIpc) is 2.15. The van der Waals surface area contributed by atoms with Gasteiger partial charge in [0.2, 0.25) is 0 Å². The second-order valence-corrected chi connectivity index (χ2v) is 3.42. The van der Waals surface area contributed by atoms with Gasteiger partial charge in [-0.25, -0.2) is 0 Å². The molecule has 3 heteroatoms. The number of pyridine rings is 1. The minimum absolute atomic E-state index is 0.207. The zero-order chi connectivity index (χ0) is 10.4. The van der Waals surface area contributed by atoms with E-state index < -0.39 is 0 Å². The Morgan fingerprint density at radius 2 is 2.29 bits per heavy atom. The smallest absolute Gasteiger partial charge is 0.133 e. The van der Waals surface area contributed by atoms with Crippen LogP contribution in [0.1, 0.15) is 19.5 Å². The zero-order valence-electron chi connectivity index (χ0n) is 8.62. The molecular formula is C11H16N2O. The van der Waals surface area contributed by atoms with Crippen LogP contribution in [0.2, 0.25) is 0 Å². The van der Waals surface area contributed by atoms with Gasteiger partial charge in [-0.1, -0.05) is 11.6 Å². The number of hydrogen-bond donors (Lipinski definition) is 2. The molecule has 0 fully saturated rings. The minimum Gasteiger partial charge on any atom is -0.506 e. The monoisotopic (exact) mass is 192 g/mol. The van der Waals surface area contributed by atoms with Crippen molar-refractivity contribution in [2.75, 3.05) is 6.54 Å². The fourth-order valence-electron chi connectivity index (χ4n) is 0.998. The highest BCUT2D eigenvalue weighted by molar-refractivity contribution is 5.17. The molecule has 1 heterocycles. The molecule has 1 rings (SSSR count). The molecule has 14 heavy (non-hydrogen) atoms. The zero-order valence-corrected chi connectivity index (χ0v) is 8.62. The van der Waals surface area contributed by atoms with E-state index in [1.807, 2.05) is 6.07 Å². The predicted octanol–water partition coefficient (Wildman–Crippen LogP) is 1.84. The molecule has 1 aromatic heterocycles. The van der Waals surface area contributed by atoms with E-state index >= 15 is 0 Å². The van der Waals surface area contributed by atoms with E-state index in [1.165, 1.54) is 11.8 Å².